The van der Waals surface area contributed by atoms with Crippen molar-refractivity contribution >= 4 is 22.6 Å². The quantitative estimate of drug-likeness (QED) is 0.290. The Morgan fingerprint density at radius 2 is 2.03 bits per heavy atom. The Balaban J connectivity index is 1.51. The molecule has 0 atom stereocenters. The van der Waals surface area contributed by atoms with Gasteiger partial charge in [0.05, 0.1) is 17.1 Å². The van der Waals surface area contributed by atoms with Crippen LogP contribution in [0.15, 0.2) is 53.5 Å². The standard InChI is InChI=1S/C26H27N5O5/c1-16(2)34-11-5-10-31-23(27)18(13-19-24(31)29-22-6-3-4-9-30(22)26(19)33)25(32)28-14-17-7-8-20-21(12-17)36-15-35-20/h3-4,6-9,12-13,16,27H,5,10-11,14-15H2,1-2H3,(H,28,32). The zero-order valence-corrected chi connectivity index (χ0v) is 20.1. The largest absolute Gasteiger partial charge is 0.454 e. The topological polar surface area (TPSA) is 120 Å². The molecule has 1 aromatic carbocycles. The fourth-order valence-electron chi connectivity index (χ4n) is 4.15. The van der Waals surface area contributed by atoms with E-state index in [1.54, 1.807) is 35.0 Å². The monoisotopic (exact) mass is 489 g/mol. The third-order valence-corrected chi connectivity index (χ3v) is 5.93. The van der Waals surface area contributed by atoms with Gasteiger partial charge in [-0.3, -0.25) is 19.4 Å². The number of ether oxygens (including phenoxy) is 3. The second kappa shape index (κ2) is 9.82. The van der Waals surface area contributed by atoms with E-state index < -0.39 is 5.91 Å². The molecular weight excluding hydrogens is 462 g/mol. The maximum absolute atomic E-state index is 13.3. The van der Waals surface area contributed by atoms with Crippen LogP contribution >= 0.6 is 0 Å². The minimum atomic E-state index is -0.454. The number of pyridine rings is 2. The number of aromatic nitrogens is 3. The molecule has 5 rings (SSSR count). The molecule has 0 aliphatic carbocycles. The highest BCUT2D eigenvalue weighted by molar-refractivity contribution is 5.96. The van der Waals surface area contributed by atoms with Crippen LogP contribution in [-0.2, 0) is 17.8 Å². The van der Waals surface area contributed by atoms with E-state index in [0.29, 0.717) is 42.4 Å². The first-order valence-corrected chi connectivity index (χ1v) is 11.8. The number of hydrogen-bond donors (Lipinski definition) is 2. The van der Waals surface area contributed by atoms with E-state index >= 15 is 0 Å². The van der Waals surface area contributed by atoms with Crippen LogP contribution in [0.3, 0.4) is 0 Å². The molecule has 0 saturated heterocycles. The molecule has 36 heavy (non-hydrogen) atoms. The van der Waals surface area contributed by atoms with E-state index in [-0.39, 0.29) is 41.4 Å². The zero-order chi connectivity index (χ0) is 25.2. The molecule has 0 saturated carbocycles. The normalized spacial score (nSPS) is 12.5. The lowest BCUT2D eigenvalue weighted by Gasteiger charge is -2.15. The highest BCUT2D eigenvalue weighted by atomic mass is 16.7. The van der Waals surface area contributed by atoms with E-state index in [1.165, 1.54) is 10.5 Å². The molecule has 0 bridgehead atoms. The van der Waals surface area contributed by atoms with Crippen molar-refractivity contribution in [2.75, 3.05) is 13.4 Å². The van der Waals surface area contributed by atoms with E-state index in [1.807, 2.05) is 26.0 Å². The minimum Gasteiger partial charge on any atom is -0.454 e. The van der Waals surface area contributed by atoms with Crippen molar-refractivity contribution in [3.63, 3.8) is 0 Å². The predicted octanol–water partition coefficient (Wildman–Crippen LogP) is 2.60. The molecule has 186 valence electrons. The van der Waals surface area contributed by atoms with Crippen molar-refractivity contribution in [1.29, 1.82) is 5.41 Å². The Morgan fingerprint density at radius 3 is 2.86 bits per heavy atom. The van der Waals surface area contributed by atoms with Crippen LogP contribution in [0.5, 0.6) is 11.5 Å². The Hall–Kier alpha value is -4.18. The van der Waals surface area contributed by atoms with Crippen molar-refractivity contribution in [3.8, 4) is 11.5 Å². The summed E-state index contributed by atoms with van der Waals surface area (Å²) in [5, 5.41) is 11.9. The van der Waals surface area contributed by atoms with Gasteiger partial charge in [0.2, 0.25) is 6.79 Å². The number of hydrogen-bond acceptors (Lipinski definition) is 7. The van der Waals surface area contributed by atoms with Crippen LogP contribution in [0.1, 0.15) is 36.2 Å². The summed E-state index contributed by atoms with van der Waals surface area (Å²) in [4.78, 5) is 31.2. The summed E-state index contributed by atoms with van der Waals surface area (Å²) in [6, 6.07) is 12.2. The highest BCUT2D eigenvalue weighted by Crippen LogP contribution is 2.32. The summed E-state index contributed by atoms with van der Waals surface area (Å²) >= 11 is 0. The van der Waals surface area contributed by atoms with Gasteiger partial charge in [0, 0.05) is 25.9 Å². The van der Waals surface area contributed by atoms with Crippen LogP contribution in [0, 0.1) is 5.41 Å². The number of rotatable bonds is 8. The van der Waals surface area contributed by atoms with E-state index in [4.69, 9.17) is 19.6 Å². The average Bonchev–Trinajstić information content (AvgIpc) is 3.34. The lowest BCUT2D eigenvalue weighted by atomic mass is 10.1. The van der Waals surface area contributed by atoms with Gasteiger partial charge >= 0.3 is 0 Å². The maximum Gasteiger partial charge on any atom is 0.267 e. The number of nitrogens with one attached hydrogen (secondary N) is 2. The van der Waals surface area contributed by atoms with Gasteiger partial charge in [0.1, 0.15) is 16.8 Å². The van der Waals surface area contributed by atoms with Crippen molar-refractivity contribution in [3.05, 3.63) is 75.6 Å². The number of benzene rings is 1. The summed E-state index contributed by atoms with van der Waals surface area (Å²) in [5.41, 5.74) is 1.46. The van der Waals surface area contributed by atoms with Crippen LogP contribution in [-0.4, -0.2) is 39.4 Å². The second-order valence-electron chi connectivity index (χ2n) is 8.78. The summed E-state index contributed by atoms with van der Waals surface area (Å²) < 4.78 is 19.4. The fraction of sp³-hybridized carbons (Fsp3) is 0.308. The molecular formula is C26H27N5O5. The van der Waals surface area contributed by atoms with Gasteiger partial charge in [-0.15, -0.1) is 0 Å². The average molecular weight is 490 g/mol. The number of amides is 1. The van der Waals surface area contributed by atoms with Crippen LogP contribution in [0.2, 0.25) is 0 Å². The fourth-order valence-corrected chi connectivity index (χ4v) is 4.15. The molecule has 4 aromatic rings. The third kappa shape index (κ3) is 4.55. The Labute approximate surface area is 206 Å². The number of fused-ring (bicyclic) bond motifs is 3. The van der Waals surface area contributed by atoms with Gasteiger partial charge in [-0.25, -0.2) is 4.98 Å². The molecule has 1 aliphatic heterocycles. The molecule has 10 heteroatoms. The van der Waals surface area contributed by atoms with Crippen molar-refractivity contribution in [2.24, 2.45) is 0 Å². The summed E-state index contributed by atoms with van der Waals surface area (Å²) in [7, 11) is 0. The van der Waals surface area contributed by atoms with Gasteiger partial charge < -0.3 is 24.1 Å². The van der Waals surface area contributed by atoms with Crippen LogP contribution in [0.4, 0.5) is 0 Å². The molecule has 1 amide bonds. The smallest absolute Gasteiger partial charge is 0.267 e. The van der Waals surface area contributed by atoms with Crippen LogP contribution < -0.4 is 25.8 Å². The molecule has 10 nitrogen and oxygen atoms in total. The Morgan fingerprint density at radius 1 is 1.19 bits per heavy atom. The highest BCUT2D eigenvalue weighted by Gasteiger charge is 2.18. The van der Waals surface area contributed by atoms with Crippen LogP contribution in [0.25, 0.3) is 16.7 Å². The lowest BCUT2D eigenvalue weighted by molar-refractivity contribution is 0.0748. The Kier molecular flexibility index (Phi) is 6.43. The van der Waals surface area contributed by atoms with E-state index in [2.05, 4.69) is 10.3 Å². The van der Waals surface area contributed by atoms with Gasteiger partial charge in [0.15, 0.2) is 11.5 Å². The van der Waals surface area contributed by atoms with Crippen molar-refractivity contribution in [2.45, 2.75) is 39.5 Å². The molecule has 3 aromatic heterocycles. The second-order valence-corrected chi connectivity index (χ2v) is 8.78. The SMILES string of the molecule is CC(C)OCCCn1c(=N)c(C(=O)NCc2ccc3c(c2)OCO3)cc2c(=O)n3ccccc3nc21. The molecule has 0 unspecified atom stereocenters. The number of nitrogens with zero attached hydrogens (tertiary/aromatic N) is 3. The minimum absolute atomic E-state index is 0.0117. The van der Waals surface area contributed by atoms with Crippen molar-refractivity contribution in [1.82, 2.24) is 19.3 Å². The molecule has 0 spiro atoms. The first-order valence-electron chi connectivity index (χ1n) is 11.8. The predicted molar refractivity (Wildman–Crippen MR) is 132 cm³/mol. The number of carbonyl (C=O) groups is 1. The Bertz CT molecular complexity index is 1570. The van der Waals surface area contributed by atoms with Gasteiger partial charge in [0.25, 0.3) is 11.5 Å². The third-order valence-electron chi connectivity index (χ3n) is 5.93. The number of aryl methyl sites for hydroxylation is 1. The van der Waals surface area contributed by atoms with E-state index in [9.17, 15) is 9.59 Å². The molecule has 0 fully saturated rings. The van der Waals surface area contributed by atoms with Gasteiger partial charge in [-0.2, -0.15) is 0 Å². The van der Waals surface area contributed by atoms with E-state index in [0.717, 1.165) is 5.56 Å². The summed E-state index contributed by atoms with van der Waals surface area (Å²) in [6.07, 6.45) is 2.32. The maximum atomic E-state index is 13.3. The summed E-state index contributed by atoms with van der Waals surface area (Å²) in [5.74, 6) is 0.834. The summed E-state index contributed by atoms with van der Waals surface area (Å²) in [6.45, 7) is 5.17. The molecule has 0 radical (unpaired) electrons. The lowest BCUT2D eigenvalue weighted by Crippen LogP contribution is -2.35. The van der Waals surface area contributed by atoms with Gasteiger partial charge in [-0.05, 0) is 56.2 Å². The molecule has 2 N–H and O–H groups in total. The zero-order valence-electron chi connectivity index (χ0n) is 20.1. The number of carbonyl (C=O) groups excluding carboxylic acids is 1. The first kappa shape index (κ1) is 23.6. The van der Waals surface area contributed by atoms with Gasteiger partial charge in [-0.1, -0.05) is 12.1 Å². The molecule has 1 aliphatic rings. The first-order chi connectivity index (χ1) is 17.4. The van der Waals surface area contributed by atoms with Crippen molar-refractivity contribution < 1.29 is 19.0 Å². The molecule has 4 heterocycles.